The van der Waals surface area contributed by atoms with Gasteiger partial charge < -0.3 is 11.1 Å². The van der Waals surface area contributed by atoms with Gasteiger partial charge in [-0.1, -0.05) is 19.9 Å². The highest BCUT2D eigenvalue weighted by Crippen LogP contribution is 2.35. The number of anilines is 2. The molecule has 0 saturated heterocycles. The van der Waals surface area contributed by atoms with Crippen molar-refractivity contribution >= 4 is 45.0 Å². The Morgan fingerprint density at radius 2 is 1.94 bits per heavy atom. The monoisotopic (exact) mass is 483 g/mol. The van der Waals surface area contributed by atoms with Crippen molar-refractivity contribution in [1.82, 2.24) is 4.98 Å². The summed E-state index contributed by atoms with van der Waals surface area (Å²) in [6.45, 7) is 5.92. The van der Waals surface area contributed by atoms with Crippen molar-refractivity contribution in [3.8, 4) is 0 Å². The Bertz CT molecular complexity index is 1340. The maximum absolute atomic E-state index is 13.4. The molecule has 10 nitrogen and oxygen atoms in total. The zero-order valence-corrected chi connectivity index (χ0v) is 19.8. The number of amidine groups is 1. The number of carbonyl (C=O) groups excluding carboxylic acids is 3. The molecule has 2 aliphatic heterocycles. The molecule has 178 valence electrons. The van der Waals surface area contributed by atoms with Gasteiger partial charge in [0.25, 0.3) is 10.0 Å². The molecule has 2 atom stereocenters. The number of amides is 2. The fraction of sp³-hybridized carbons (Fsp3) is 0.348. The standard InChI is InChI=1S/C23H25N5O5S/c1-12(2)8-10-28-22-15(5-4-9-25-22)19(29)18(23(28)31)21-26-16-7-6-14(13(3)20(24)30)11-17(16)34(32,33)27-21/h4-7,9,11-13,18H,8,10H2,1-3H3,(H2,24,30)(H,26,27). The minimum Gasteiger partial charge on any atom is -0.369 e. The van der Waals surface area contributed by atoms with E-state index in [0.29, 0.717) is 24.4 Å². The van der Waals surface area contributed by atoms with E-state index in [1.807, 2.05) is 13.8 Å². The first-order valence-electron chi connectivity index (χ1n) is 10.9. The highest BCUT2D eigenvalue weighted by Gasteiger charge is 2.45. The van der Waals surface area contributed by atoms with Gasteiger partial charge in [-0.3, -0.25) is 19.3 Å². The van der Waals surface area contributed by atoms with Crippen LogP contribution in [0.15, 0.2) is 45.8 Å². The Morgan fingerprint density at radius 1 is 1.21 bits per heavy atom. The number of aromatic nitrogens is 1. The maximum atomic E-state index is 13.4. The summed E-state index contributed by atoms with van der Waals surface area (Å²) >= 11 is 0. The molecule has 0 bridgehead atoms. The van der Waals surface area contributed by atoms with E-state index in [-0.39, 0.29) is 27.8 Å². The van der Waals surface area contributed by atoms with E-state index in [1.54, 1.807) is 25.1 Å². The first kappa shape index (κ1) is 23.6. The van der Waals surface area contributed by atoms with Gasteiger partial charge in [0.05, 0.1) is 17.2 Å². The van der Waals surface area contributed by atoms with Gasteiger partial charge in [-0.15, -0.1) is 4.40 Å². The van der Waals surface area contributed by atoms with E-state index < -0.39 is 39.5 Å². The van der Waals surface area contributed by atoms with Gasteiger partial charge in [0, 0.05) is 12.7 Å². The van der Waals surface area contributed by atoms with E-state index in [0.717, 1.165) is 0 Å². The van der Waals surface area contributed by atoms with Gasteiger partial charge in [0.2, 0.25) is 11.8 Å². The van der Waals surface area contributed by atoms with E-state index in [4.69, 9.17) is 5.73 Å². The van der Waals surface area contributed by atoms with Crippen LogP contribution in [0.3, 0.4) is 0 Å². The normalized spacial score (nSPS) is 19.7. The third-order valence-corrected chi connectivity index (χ3v) is 7.31. The Morgan fingerprint density at radius 3 is 2.62 bits per heavy atom. The van der Waals surface area contributed by atoms with Gasteiger partial charge in [-0.2, -0.15) is 8.42 Å². The second kappa shape index (κ2) is 8.64. The predicted molar refractivity (Wildman–Crippen MR) is 126 cm³/mol. The molecular formula is C23H25N5O5S. The van der Waals surface area contributed by atoms with Crippen LogP contribution in [0.5, 0.6) is 0 Å². The summed E-state index contributed by atoms with van der Waals surface area (Å²) in [5.41, 5.74) is 6.15. The third kappa shape index (κ3) is 4.07. The Hall–Kier alpha value is -3.60. The predicted octanol–water partition coefficient (Wildman–Crippen LogP) is 2.07. The van der Waals surface area contributed by atoms with E-state index in [1.165, 1.54) is 23.2 Å². The highest BCUT2D eigenvalue weighted by molar-refractivity contribution is 7.90. The number of fused-ring (bicyclic) bond motifs is 2. The number of nitrogens with two attached hydrogens (primary N) is 1. The number of hydrogen-bond acceptors (Lipinski definition) is 7. The van der Waals surface area contributed by atoms with Gasteiger partial charge in [0.15, 0.2) is 11.7 Å². The minimum absolute atomic E-state index is 0.156. The number of nitrogens with zero attached hydrogens (tertiary/aromatic N) is 3. The number of Topliss-reactive ketones (excluding diaryl/α,β-unsaturated/α-hetero) is 1. The molecule has 34 heavy (non-hydrogen) atoms. The zero-order chi connectivity index (χ0) is 24.8. The molecule has 2 unspecified atom stereocenters. The van der Waals surface area contributed by atoms with Crippen LogP contribution in [-0.4, -0.2) is 43.4 Å². The van der Waals surface area contributed by atoms with Crippen LogP contribution < -0.4 is 16.0 Å². The molecule has 3 heterocycles. The SMILES string of the molecule is CC(C)CCN1C(=O)C(C2=NS(=O)(=O)c3cc(C(C)C(N)=O)ccc3N2)C(=O)c2cccnc21. The van der Waals surface area contributed by atoms with E-state index in [9.17, 15) is 22.8 Å². The molecule has 1 aromatic heterocycles. The van der Waals surface area contributed by atoms with Gasteiger partial charge in [-0.05, 0) is 49.1 Å². The smallest absolute Gasteiger partial charge is 0.286 e. The lowest BCUT2D eigenvalue weighted by atomic mass is 9.90. The number of sulfonamides is 1. The average molecular weight is 484 g/mol. The number of pyridine rings is 1. The summed E-state index contributed by atoms with van der Waals surface area (Å²) < 4.78 is 29.9. The number of nitrogens with one attached hydrogen (secondary N) is 1. The largest absolute Gasteiger partial charge is 0.369 e. The fourth-order valence-electron chi connectivity index (χ4n) is 3.93. The first-order valence-corrected chi connectivity index (χ1v) is 12.3. The number of rotatable bonds is 6. The molecule has 0 aliphatic carbocycles. The molecule has 3 N–H and O–H groups in total. The number of hydrogen-bond donors (Lipinski definition) is 2. The summed E-state index contributed by atoms with van der Waals surface area (Å²) in [6.07, 6.45) is 2.17. The molecule has 2 aromatic rings. The van der Waals surface area contributed by atoms with Crippen molar-refractivity contribution in [2.75, 3.05) is 16.8 Å². The molecule has 2 amide bonds. The van der Waals surface area contributed by atoms with Crippen molar-refractivity contribution in [2.24, 2.45) is 22.0 Å². The minimum atomic E-state index is -4.25. The number of ketones is 1. The number of carbonyl (C=O) groups is 3. The quantitative estimate of drug-likeness (QED) is 0.597. The lowest BCUT2D eigenvalue weighted by Gasteiger charge is -2.34. The lowest BCUT2D eigenvalue weighted by molar-refractivity contribution is -0.120. The van der Waals surface area contributed by atoms with Crippen LogP contribution in [0.4, 0.5) is 11.5 Å². The first-order chi connectivity index (χ1) is 16.0. The number of benzene rings is 1. The Kier molecular flexibility index (Phi) is 5.98. The molecule has 11 heteroatoms. The summed E-state index contributed by atoms with van der Waals surface area (Å²) in [6, 6.07) is 7.52. The van der Waals surface area contributed by atoms with Crippen LogP contribution in [0.2, 0.25) is 0 Å². The van der Waals surface area contributed by atoms with Crippen molar-refractivity contribution in [3.05, 3.63) is 47.7 Å². The van der Waals surface area contributed by atoms with Gasteiger partial charge in [0.1, 0.15) is 16.5 Å². The molecule has 0 fully saturated rings. The molecule has 0 saturated carbocycles. The molecule has 0 spiro atoms. The second-order valence-corrected chi connectivity index (χ2v) is 10.4. The average Bonchev–Trinajstić information content (AvgIpc) is 2.77. The van der Waals surface area contributed by atoms with Crippen LogP contribution in [0.25, 0.3) is 0 Å². The Balaban J connectivity index is 1.76. The summed E-state index contributed by atoms with van der Waals surface area (Å²) in [7, 11) is -4.25. The highest BCUT2D eigenvalue weighted by atomic mass is 32.2. The van der Waals surface area contributed by atoms with E-state index in [2.05, 4.69) is 14.7 Å². The maximum Gasteiger partial charge on any atom is 0.286 e. The van der Waals surface area contributed by atoms with Crippen molar-refractivity contribution in [1.29, 1.82) is 0 Å². The van der Waals surface area contributed by atoms with Crippen LogP contribution in [-0.2, 0) is 19.6 Å². The summed E-state index contributed by atoms with van der Waals surface area (Å²) in [5, 5.41) is 2.86. The second-order valence-electron chi connectivity index (χ2n) is 8.80. The number of primary amides is 1. The van der Waals surface area contributed by atoms with Gasteiger partial charge in [-0.25, -0.2) is 4.98 Å². The topological polar surface area (TPSA) is 152 Å². The van der Waals surface area contributed by atoms with Crippen molar-refractivity contribution in [3.63, 3.8) is 0 Å². The fourth-order valence-corrected chi connectivity index (χ4v) is 5.12. The third-order valence-electron chi connectivity index (χ3n) is 5.98. The van der Waals surface area contributed by atoms with Crippen molar-refractivity contribution < 1.29 is 22.8 Å². The summed E-state index contributed by atoms with van der Waals surface area (Å²) in [4.78, 5) is 43.8. The van der Waals surface area contributed by atoms with Crippen LogP contribution >= 0.6 is 0 Å². The lowest BCUT2D eigenvalue weighted by Crippen LogP contribution is -2.51. The van der Waals surface area contributed by atoms with Crippen LogP contribution in [0, 0.1) is 11.8 Å². The van der Waals surface area contributed by atoms with Crippen molar-refractivity contribution in [2.45, 2.75) is 38.0 Å². The van der Waals surface area contributed by atoms with Gasteiger partial charge >= 0.3 is 0 Å². The molecule has 0 radical (unpaired) electrons. The Labute approximate surface area is 197 Å². The molecule has 2 aliphatic rings. The zero-order valence-electron chi connectivity index (χ0n) is 19.0. The van der Waals surface area contributed by atoms with Crippen LogP contribution in [0.1, 0.15) is 49.0 Å². The molecule has 4 rings (SSSR count). The molecule has 1 aromatic carbocycles. The summed E-state index contributed by atoms with van der Waals surface area (Å²) in [5.74, 6) is -3.61. The van der Waals surface area contributed by atoms with E-state index >= 15 is 0 Å². The molecular weight excluding hydrogens is 458 g/mol.